The van der Waals surface area contributed by atoms with Gasteiger partial charge in [0.05, 0.1) is 0 Å². The van der Waals surface area contributed by atoms with Gasteiger partial charge in [-0.15, -0.1) is 0 Å². The van der Waals surface area contributed by atoms with Crippen LogP contribution in [0.4, 0.5) is 0 Å². The number of rotatable bonds is 5. The molecule has 3 unspecified atom stereocenters. The maximum Gasteiger partial charge on any atom is 0.0331 e. The van der Waals surface area contributed by atoms with Gasteiger partial charge in [0.1, 0.15) is 0 Å². The number of hydrogen-bond donors (Lipinski definition) is 1. The zero-order chi connectivity index (χ0) is 14.6. The molecule has 0 spiro atoms. The summed E-state index contributed by atoms with van der Waals surface area (Å²) in [5, 5.41) is 0. The molecule has 0 saturated heterocycles. The first-order valence-corrected chi connectivity index (χ1v) is 7.87. The van der Waals surface area contributed by atoms with Crippen molar-refractivity contribution in [1.82, 2.24) is 9.88 Å². The third kappa shape index (κ3) is 3.39. The summed E-state index contributed by atoms with van der Waals surface area (Å²) in [7, 11) is 2.25. The molecule has 0 bridgehead atoms. The van der Waals surface area contributed by atoms with Gasteiger partial charge in [0, 0.05) is 31.0 Å². The lowest BCUT2D eigenvalue weighted by Crippen LogP contribution is -2.56. The predicted octanol–water partition coefficient (Wildman–Crippen LogP) is 2.71. The van der Waals surface area contributed by atoms with Gasteiger partial charge in [-0.3, -0.25) is 9.88 Å². The summed E-state index contributed by atoms with van der Waals surface area (Å²) in [6, 6.07) is 4.21. The van der Waals surface area contributed by atoms with Crippen molar-refractivity contribution < 1.29 is 0 Å². The van der Waals surface area contributed by atoms with Crippen LogP contribution in [0.25, 0.3) is 0 Å². The molecule has 2 N–H and O–H groups in total. The monoisotopic (exact) mass is 275 g/mol. The Morgan fingerprint density at radius 3 is 2.60 bits per heavy atom. The fourth-order valence-corrected chi connectivity index (χ4v) is 3.45. The van der Waals surface area contributed by atoms with Gasteiger partial charge in [-0.05, 0) is 62.3 Å². The van der Waals surface area contributed by atoms with Crippen LogP contribution in [0, 0.1) is 11.8 Å². The van der Waals surface area contributed by atoms with Crippen LogP contribution < -0.4 is 5.73 Å². The Morgan fingerprint density at radius 2 is 2.00 bits per heavy atom. The summed E-state index contributed by atoms with van der Waals surface area (Å²) in [5.41, 5.74) is 7.73. The SMILES string of the molecule is CC1CCC(CN)(N(C)CCc2ccncc2)CC1C. The minimum atomic E-state index is 0.207. The molecule has 1 aliphatic rings. The Kier molecular flexibility index (Phi) is 5.17. The van der Waals surface area contributed by atoms with Crippen LogP contribution in [0.2, 0.25) is 0 Å². The van der Waals surface area contributed by atoms with Gasteiger partial charge in [0.15, 0.2) is 0 Å². The highest BCUT2D eigenvalue weighted by atomic mass is 15.2. The molecular formula is C17H29N3. The molecule has 1 aromatic heterocycles. The van der Waals surface area contributed by atoms with Crippen molar-refractivity contribution in [1.29, 1.82) is 0 Å². The highest BCUT2D eigenvalue weighted by Gasteiger charge is 2.39. The van der Waals surface area contributed by atoms with Crippen LogP contribution in [0.5, 0.6) is 0 Å². The van der Waals surface area contributed by atoms with E-state index in [0.717, 1.165) is 31.3 Å². The van der Waals surface area contributed by atoms with E-state index in [-0.39, 0.29) is 5.54 Å². The molecule has 112 valence electrons. The average Bonchev–Trinajstić information content (AvgIpc) is 2.49. The molecule has 3 heteroatoms. The molecule has 3 nitrogen and oxygen atoms in total. The van der Waals surface area contributed by atoms with Crippen molar-refractivity contribution >= 4 is 0 Å². The van der Waals surface area contributed by atoms with E-state index in [4.69, 9.17) is 5.73 Å². The van der Waals surface area contributed by atoms with Gasteiger partial charge >= 0.3 is 0 Å². The van der Waals surface area contributed by atoms with Gasteiger partial charge in [-0.1, -0.05) is 13.8 Å². The fourth-order valence-electron chi connectivity index (χ4n) is 3.45. The van der Waals surface area contributed by atoms with E-state index in [1.54, 1.807) is 0 Å². The Labute approximate surface area is 123 Å². The molecule has 0 radical (unpaired) electrons. The molecule has 1 heterocycles. The van der Waals surface area contributed by atoms with Crippen LogP contribution in [-0.4, -0.2) is 35.6 Å². The first kappa shape index (κ1) is 15.5. The van der Waals surface area contributed by atoms with Crippen LogP contribution in [0.1, 0.15) is 38.7 Å². The van der Waals surface area contributed by atoms with Crippen LogP contribution in [0.3, 0.4) is 0 Å². The molecule has 0 amide bonds. The fraction of sp³-hybridized carbons (Fsp3) is 0.706. The van der Waals surface area contributed by atoms with Crippen molar-refractivity contribution in [2.45, 2.75) is 45.1 Å². The van der Waals surface area contributed by atoms with Crippen molar-refractivity contribution in [3.63, 3.8) is 0 Å². The largest absolute Gasteiger partial charge is 0.329 e. The van der Waals surface area contributed by atoms with Crippen molar-refractivity contribution in [2.24, 2.45) is 17.6 Å². The summed E-state index contributed by atoms with van der Waals surface area (Å²) < 4.78 is 0. The lowest BCUT2D eigenvalue weighted by Gasteiger charge is -2.48. The quantitative estimate of drug-likeness (QED) is 0.898. The first-order valence-electron chi connectivity index (χ1n) is 7.87. The molecule has 3 atom stereocenters. The second-order valence-corrected chi connectivity index (χ2v) is 6.65. The third-order valence-corrected chi connectivity index (χ3v) is 5.41. The Bertz CT molecular complexity index is 406. The number of nitrogens with two attached hydrogens (primary N) is 1. The van der Waals surface area contributed by atoms with Gasteiger partial charge in [0.25, 0.3) is 0 Å². The Morgan fingerprint density at radius 1 is 1.30 bits per heavy atom. The molecule has 1 aliphatic carbocycles. The number of hydrogen-bond acceptors (Lipinski definition) is 3. The Hall–Kier alpha value is -0.930. The van der Waals surface area contributed by atoms with Gasteiger partial charge in [-0.2, -0.15) is 0 Å². The molecule has 0 aliphatic heterocycles. The maximum atomic E-state index is 6.16. The minimum absolute atomic E-state index is 0.207. The minimum Gasteiger partial charge on any atom is -0.329 e. The molecule has 0 aromatic carbocycles. The Balaban J connectivity index is 1.97. The maximum absolute atomic E-state index is 6.16. The molecule has 1 fully saturated rings. The third-order valence-electron chi connectivity index (χ3n) is 5.41. The predicted molar refractivity (Wildman–Crippen MR) is 84.5 cm³/mol. The van der Waals surface area contributed by atoms with E-state index in [9.17, 15) is 0 Å². The van der Waals surface area contributed by atoms with Gasteiger partial charge in [0.2, 0.25) is 0 Å². The molecule has 2 rings (SSSR count). The van der Waals surface area contributed by atoms with E-state index in [0.29, 0.717) is 0 Å². The zero-order valence-corrected chi connectivity index (χ0v) is 13.2. The summed E-state index contributed by atoms with van der Waals surface area (Å²) in [6.07, 6.45) is 8.60. The van der Waals surface area contributed by atoms with Crippen molar-refractivity contribution in [3.8, 4) is 0 Å². The van der Waals surface area contributed by atoms with E-state index >= 15 is 0 Å². The van der Waals surface area contributed by atoms with Crippen molar-refractivity contribution in [3.05, 3.63) is 30.1 Å². The van der Waals surface area contributed by atoms with Crippen LogP contribution in [0.15, 0.2) is 24.5 Å². The summed E-state index contributed by atoms with van der Waals surface area (Å²) in [6.45, 7) is 6.60. The first-order chi connectivity index (χ1) is 9.57. The summed E-state index contributed by atoms with van der Waals surface area (Å²) >= 11 is 0. The van der Waals surface area contributed by atoms with Crippen molar-refractivity contribution in [2.75, 3.05) is 20.1 Å². The standard InChI is InChI=1S/C17H29N3/c1-14-4-8-17(13-18,12-15(14)2)20(3)11-7-16-5-9-19-10-6-16/h5-6,9-10,14-15H,4,7-8,11-13,18H2,1-3H3. The molecule has 1 aromatic rings. The lowest BCUT2D eigenvalue weighted by atomic mass is 9.70. The topological polar surface area (TPSA) is 42.1 Å². The zero-order valence-electron chi connectivity index (χ0n) is 13.2. The number of likely N-dealkylation sites (N-methyl/N-ethyl adjacent to an activating group) is 1. The smallest absolute Gasteiger partial charge is 0.0331 e. The normalized spacial score (nSPS) is 30.6. The second kappa shape index (κ2) is 6.68. The number of pyridine rings is 1. The van der Waals surface area contributed by atoms with E-state index in [2.05, 4.69) is 42.9 Å². The number of nitrogens with zero attached hydrogens (tertiary/aromatic N) is 2. The molecular weight excluding hydrogens is 246 g/mol. The van der Waals surface area contributed by atoms with Gasteiger partial charge in [-0.25, -0.2) is 0 Å². The molecule has 1 saturated carbocycles. The summed E-state index contributed by atoms with van der Waals surface area (Å²) in [5.74, 6) is 1.61. The molecule has 20 heavy (non-hydrogen) atoms. The van der Waals surface area contributed by atoms with Crippen LogP contribution in [-0.2, 0) is 6.42 Å². The van der Waals surface area contributed by atoms with E-state index < -0.39 is 0 Å². The lowest BCUT2D eigenvalue weighted by molar-refractivity contribution is 0.0412. The van der Waals surface area contributed by atoms with Gasteiger partial charge < -0.3 is 5.73 Å². The van der Waals surface area contributed by atoms with E-state index in [1.165, 1.54) is 24.8 Å². The highest BCUT2D eigenvalue weighted by Crippen LogP contribution is 2.38. The summed E-state index contributed by atoms with van der Waals surface area (Å²) in [4.78, 5) is 6.59. The van der Waals surface area contributed by atoms with E-state index in [1.807, 2.05) is 12.4 Å². The second-order valence-electron chi connectivity index (χ2n) is 6.65. The highest BCUT2D eigenvalue weighted by molar-refractivity contribution is 5.10. The number of aromatic nitrogens is 1. The van der Waals surface area contributed by atoms with Crippen LogP contribution >= 0.6 is 0 Å². The average molecular weight is 275 g/mol.